The Hall–Kier alpha value is -4.48. The van der Waals surface area contributed by atoms with Crippen LogP contribution in [0.25, 0.3) is 22.2 Å². The minimum absolute atomic E-state index is 0.289. The van der Waals surface area contributed by atoms with E-state index >= 15 is 0 Å². The molecule has 1 aliphatic rings. The molecule has 1 amide bonds. The summed E-state index contributed by atoms with van der Waals surface area (Å²) in [5, 5.41) is 11.7. The molecule has 0 saturated carbocycles. The Labute approximate surface area is 253 Å². The van der Waals surface area contributed by atoms with Gasteiger partial charge in [-0.05, 0) is 45.2 Å². The van der Waals surface area contributed by atoms with Gasteiger partial charge in [0.25, 0.3) is 0 Å². The van der Waals surface area contributed by atoms with E-state index in [1.807, 2.05) is 55.3 Å². The first kappa shape index (κ1) is 30.0. The van der Waals surface area contributed by atoms with Gasteiger partial charge in [-0.3, -0.25) is 19.3 Å². The quantitative estimate of drug-likeness (QED) is 0.264. The summed E-state index contributed by atoms with van der Waals surface area (Å²) in [6.45, 7) is 11.9. The number of nitrogens with zero attached hydrogens (tertiary/aromatic N) is 7. The second-order valence-corrected chi connectivity index (χ2v) is 11.3. The first-order valence-electron chi connectivity index (χ1n) is 14.5. The van der Waals surface area contributed by atoms with E-state index in [0.717, 1.165) is 54.0 Å². The molecule has 11 nitrogen and oxygen atoms in total. The highest BCUT2D eigenvalue weighted by Gasteiger charge is 2.26. The fourth-order valence-corrected chi connectivity index (χ4v) is 5.59. The number of nitrogens with one attached hydrogen (secondary N) is 2. The molecule has 226 valence electrons. The number of piperazine rings is 1. The third-order valence-corrected chi connectivity index (χ3v) is 8.33. The summed E-state index contributed by atoms with van der Waals surface area (Å²) in [4.78, 5) is 28.5. The maximum atomic E-state index is 12.4. The van der Waals surface area contributed by atoms with Crippen LogP contribution in [-0.4, -0.2) is 94.9 Å². The number of likely N-dealkylation sites (N-methyl/N-ethyl adjacent to an activating group) is 2. The van der Waals surface area contributed by atoms with Gasteiger partial charge in [0.1, 0.15) is 17.9 Å². The van der Waals surface area contributed by atoms with Crippen LogP contribution in [0.4, 0.5) is 22.9 Å². The molecule has 1 saturated heterocycles. The second kappa shape index (κ2) is 12.8. The van der Waals surface area contributed by atoms with E-state index in [1.54, 1.807) is 7.11 Å². The number of carbonyl (C=O) groups is 1. The highest BCUT2D eigenvalue weighted by Crippen LogP contribution is 2.38. The average Bonchev–Trinajstić information content (AvgIpc) is 3.38. The van der Waals surface area contributed by atoms with Crippen LogP contribution in [0.15, 0.2) is 61.6 Å². The molecule has 4 aromatic rings. The molecule has 1 fully saturated rings. The van der Waals surface area contributed by atoms with Crippen LogP contribution >= 0.6 is 0 Å². The zero-order valence-electron chi connectivity index (χ0n) is 25.8. The predicted octanol–water partition coefficient (Wildman–Crippen LogP) is 4.37. The van der Waals surface area contributed by atoms with Crippen LogP contribution in [-0.2, 0) is 11.8 Å². The standard InChI is InChI=1S/C32H41N9O2/c1-8-32(42)37-26-14-27(30(43-7)16-29(26)38(4)11-12-41-18-21(2)39(5)22(3)19-41)36-31-15-25(33-20-34-31)23-9-10-28-24(13-23)17-35-40(28)6/h8-10,13-17,20-22H,1,11-12,18-19H2,2-7H3,(H,37,42)(H,33,34,36)/t21-,22+. The molecule has 3 heterocycles. The highest BCUT2D eigenvalue weighted by atomic mass is 16.5. The number of aryl methyl sites for hydroxylation is 1. The molecule has 2 N–H and O–H groups in total. The normalized spacial score (nSPS) is 17.5. The second-order valence-electron chi connectivity index (χ2n) is 11.3. The van der Waals surface area contributed by atoms with E-state index in [9.17, 15) is 4.79 Å². The molecule has 0 spiro atoms. The zero-order chi connectivity index (χ0) is 30.7. The van der Waals surface area contributed by atoms with Crippen LogP contribution in [0.3, 0.4) is 0 Å². The number of aromatic nitrogens is 4. The fraction of sp³-hybridized carbons (Fsp3) is 0.375. The summed E-state index contributed by atoms with van der Waals surface area (Å²) in [5.74, 6) is 0.926. The van der Waals surface area contributed by atoms with Crippen LogP contribution < -0.4 is 20.3 Å². The summed E-state index contributed by atoms with van der Waals surface area (Å²) < 4.78 is 7.65. The number of hydrogen-bond donors (Lipinski definition) is 2. The lowest BCUT2D eigenvalue weighted by atomic mass is 10.1. The van der Waals surface area contributed by atoms with Gasteiger partial charge in [0.05, 0.1) is 41.6 Å². The third kappa shape index (κ3) is 6.63. The number of ether oxygens (including phenoxy) is 1. The van der Waals surface area contributed by atoms with Gasteiger partial charge in [0.2, 0.25) is 5.91 Å². The number of amides is 1. The van der Waals surface area contributed by atoms with E-state index in [-0.39, 0.29) is 5.91 Å². The number of methoxy groups -OCH3 is 1. The Balaban J connectivity index is 1.39. The van der Waals surface area contributed by atoms with E-state index < -0.39 is 0 Å². The lowest BCUT2D eigenvalue weighted by Gasteiger charge is -2.43. The lowest BCUT2D eigenvalue weighted by molar-refractivity contribution is -0.111. The average molecular weight is 584 g/mol. The van der Waals surface area contributed by atoms with Crippen LogP contribution in [0.1, 0.15) is 13.8 Å². The minimum Gasteiger partial charge on any atom is -0.494 e. The summed E-state index contributed by atoms with van der Waals surface area (Å²) >= 11 is 0. The van der Waals surface area contributed by atoms with Crippen molar-refractivity contribution < 1.29 is 9.53 Å². The number of rotatable bonds is 10. The Morgan fingerprint density at radius 2 is 1.88 bits per heavy atom. The maximum Gasteiger partial charge on any atom is 0.247 e. The Morgan fingerprint density at radius 1 is 1.12 bits per heavy atom. The molecule has 5 rings (SSSR count). The van der Waals surface area contributed by atoms with Crippen molar-refractivity contribution in [2.24, 2.45) is 7.05 Å². The van der Waals surface area contributed by atoms with Gasteiger partial charge in [0, 0.05) is 75.4 Å². The molecule has 0 radical (unpaired) electrons. The van der Waals surface area contributed by atoms with Gasteiger partial charge in [-0.15, -0.1) is 0 Å². The van der Waals surface area contributed by atoms with Crippen molar-refractivity contribution in [2.75, 3.05) is 62.9 Å². The van der Waals surface area contributed by atoms with E-state index in [0.29, 0.717) is 35.0 Å². The molecule has 11 heteroatoms. The van der Waals surface area contributed by atoms with Crippen molar-refractivity contribution in [1.29, 1.82) is 0 Å². The number of fused-ring (bicyclic) bond motifs is 1. The van der Waals surface area contributed by atoms with Crippen molar-refractivity contribution in [3.05, 3.63) is 61.6 Å². The van der Waals surface area contributed by atoms with E-state index in [1.165, 1.54) is 12.4 Å². The smallest absolute Gasteiger partial charge is 0.247 e. The van der Waals surface area contributed by atoms with Crippen molar-refractivity contribution in [2.45, 2.75) is 25.9 Å². The number of hydrogen-bond acceptors (Lipinski definition) is 9. The molecule has 0 bridgehead atoms. The van der Waals surface area contributed by atoms with Crippen molar-refractivity contribution in [3.8, 4) is 17.0 Å². The van der Waals surface area contributed by atoms with Crippen LogP contribution in [0, 0.1) is 0 Å². The molecule has 0 unspecified atom stereocenters. The molecular weight excluding hydrogens is 542 g/mol. The van der Waals surface area contributed by atoms with Crippen LogP contribution in [0.2, 0.25) is 0 Å². The largest absolute Gasteiger partial charge is 0.494 e. The minimum atomic E-state index is -0.289. The Kier molecular flexibility index (Phi) is 8.93. The molecule has 1 aliphatic heterocycles. The van der Waals surface area contributed by atoms with Gasteiger partial charge in [-0.25, -0.2) is 9.97 Å². The molecule has 2 aromatic carbocycles. The number of anilines is 4. The summed E-state index contributed by atoms with van der Waals surface area (Å²) in [7, 11) is 7.78. The van der Waals surface area contributed by atoms with Gasteiger partial charge >= 0.3 is 0 Å². The maximum absolute atomic E-state index is 12.4. The van der Waals surface area contributed by atoms with Gasteiger partial charge in [0.15, 0.2) is 0 Å². The SMILES string of the molecule is C=CC(=O)Nc1cc(Nc2cc(-c3ccc4c(cnn4C)c3)ncn2)c(OC)cc1N(C)CCN1C[C@@H](C)N(C)[C@@H](C)C1. The molecule has 2 aromatic heterocycles. The Bertz CT molecular complexity index is 1610. The Morgan fingerprint density at radius 3 is 2.60 bits per heavy atom. The zero-order valence-corrected chi connectivity index (χ0v) is 25.8. The summed E-state index contributed by atoms with van der Waals surface area (Å²) in [6, 6.07) is 12.8. The lowest BCUT2D eigenvalue weighted by Crippen LogP contribution is -2.55. The molecule has 0 aliphatic carbocycles. The van der Waals surface area contributed by atoms with Gasteiger partial charge in [-0.2, -0.15) is 5.10 Å². The van der Waals surface area contributed by atoms with Crippen molar-refractivity contribution >= 4 is 39.7 Å². The molecule has 2 atom stereocenters. The van der Waals surface area contributed by atoms with E-state index in [4.69, 9.17) is 4.74 Å². The van der Waals surface area contributed by atoms with E-state index in [2.05, 4.69) is 73.9 Å². The highest BCUT2D eigenvalue weighted by molar-refractivity contribution is 6.02. The number of carbonyl (C=O) groups excluding carboxylic acids is 1. The van der Waals surface area contributed by atoms with Gasteiger partial charge < -0.3 is 20.3 Å². The van der Waals surface area contributed by atoms with Crippen molar-refractivity contribution in [3.63, 3.8) is 0 Å². The molecular formula is C32H41N9O2. The monoisotopic (exact) mass is 583 g/mol. The van der Waals surface area contributed by atoms with Gasteiger partial charge in [-0.1, -0.05) is 12.6 Å². The molecule has 43 heavy (non-hydrogen) atoms. The summed E-state index contributed by atoms with van der Waals surface area (Å²) in [6.07, 6.45) is 4.64. The first-order chi connectivity index (χ1) is 20.7. The first-order valence-corrected chi connectivity index (χ1v) is 14.5. The van der Waals surface area contributed by atoms with Crippen LogP contribution in [0.5, 0.6) is 5.75 Å². The topological polar surface area (TPSA) is 104 Å². The fourth-order valence-electron chi connectivity index (χ4n) is 5.59. The predicted molar refractivity (Wildman–Crippen MR) is 173 cm³/mol. The summed E-state index contributed by atoms with van der Waals surface area (Å²) in [5.41, 5.74) is 4.93. The third-order valence-electron chi connectivity index (χ3n) is 8.33. The van der Waals surface area contributed by atoms with Crippen molar-refractivity contribution in [1.82, 2.24) is 29.5 Å². The number of benzene rings is 2.